The monoisotopic (exact) mass is 368 g/mol. The van der Waals surface area contributed by atoms with E-state index in [0.717, 1.165) is 5.56 Å². The van der Waals surface area contributed by atoms with E-state index in [1.165, 1.54) is 12.1 Å². The molecule has 2 aliphatic rings. The molecule has 4 atom stereocenters. The summed E-state index contributed by atoms with van der Waals surface area (Å²) in [4.78, 5) is 14.0. The van der Waals surface area contributed by atoms with Crippen LogP contribution in [0.5, 0.6) is 0 Å². The minimum Gasteiger partial charge on any atom is -0.388 e. The topological polar surface area (TPSA) is 91.3 Å². The molecule has 3 N–H and O–H groups in total. The third-order valence-corrected chi connectivity index (χ3v) is 4.79. The number of carbonyl (C=O) groups excluding carboxylic acids is 1. The third kappa shape index (κ3) is 4.77. The molecule has 3 rings (SSSR count). The molecule has 0 saturated carbocycles. The van der Waals surface area contributed by atoms with Crippen molar-refractivity contribution in [3.05, 3.63) is 35.6 Å². The van der Waals surface area contributed by atoms with Crippen LogP contribution in [0.2, 0.25) is 0 Å². The zero-order chi connectivity index (χ0) is 18.5. The number of carbonyl (C=O) groups is 1. The number of aliphatic hydroxyl groups excluding tert-OH is 2. The number of halogens is 1. The lowest BCUT2D eigenvalue weighted by Crippen LogP contribution is -2.43. The summed E-state index contributed by atoms with van der Waals surface area (Å²) in [5.74, 6) is -0.399. The van der Waals surface area contributed by atoms with Crippen LogP contribution in [0.15, 0.2) is 24.3 Å². The van der Waals surface area contributed by atoms with E-state index in [-0.39, 0.29) is 18.1 Å². The number of rotatable bonds is 6. The van der Waals surface area contributed by atoms with Gasteiger partial charge in [0.05, 0.1) is 31.8 Å². The Kier molecular flexibility index (Phi) is 6.55. The van der Waals surface area contributed by atoms with Crippen LogP contribution in [0.25, 0.3) is 0 Å². The molecule has 26 heavy (non-hydrogen) atoms. The van der Waals surface area contributed by atoms with Gasteiger partial charge in [0.15, 0.2) is 0 Å². The number of morpholine rings is 1. The number of aliphatic hydroxyl groups is 2. The average Bonchev–Trinajstić information content (AvgIpc) is 2.92. The maximum atomic E-state index is 12.9. The normalized spacial score (nSPS) is 29.1. The largest absolute Gasteiger partial charge is 0.388 e. The highest BCUT2D eigenvalue weighted by Gasteiger charge is 2.43. The number of nitrogens with zero attached hydrogens (tertiary/aromatic N) is 1. The Morgan fingerprint density at radius 1 is 1.15 bits per heavy atom. The number of hydrogen-bond donors (Lipinski definition) is 3. The van der Waals surface area contributed by atoms with Crippen molar-refractivity contribution in [2.75, 3.05) is 32.8 Å². The Morgan fingerprint density at radius 3 is 2.50 bits per heavy atom. The van der Waals surface area contributed by atoms with Gasteiger partial charge in [0.2, 0.25) is 5.91 Å². The molecule has 144 valence electrons. The molecule has 1 aromatic rings. The summed E-state index contributed by atoms with van der Waals surface area (Å²) in [6, 6.07) is 6.11. The van der Waals surface area contributed by atoms with Gasteiger partial charge >= 0.3 is 0 Å². The van der Waals surface area contributed by atoms with E-state index in [2.05, 4.69) is 5.32 Å². The maximum Gasteiger partial charge on any atom is 0.225 e. The quantitative estimate of drug-likeness (QED) is 0.636. The summed E-state index contributed by atoms with van der Waals surface area (Å²) in [5, 5.41) is 23.5. The number of amides is 1. The molecular weight excluding hydrogens is 343 g/mol. The van der Waals surface area contributed by atoms with Gasteiger partial charge in [0, 0.05) is 26.2 Å². The van der Waals surface area contributed by atoms with Crippen LogP contribution < -0.4 is 5.32 Å². The molecule has 7 nitrogen and oxygen atoms in total. The van der Waals surface area contributed by atoms with E-state index < -0.39 is 24.4 Å². The molecule has 0 aliphatic carbocycles. The second-order valence-electron chi connectivity index (χ2n) is 6.65. The van der Waals surface area contributed by atoms with E-state index in [9.17, 15) is 19.4 Å². The van der Waals surface area contributed by atoms with Gasteiger partial charge in [-0.2, -0.15) is 0 Å². The molecule has 0 radical (unpaired) electrons. The molecule has 1 amide bonds. The third-order valence-electron chi connectivity index (χ3n) is 4.79. The second kappa shape index (κ2) is 8.88. The molecule has 2 fully saturated rings. The van der Waals surface area contributed by atoms with Gasteiger partial charge in [-0.3, -0.25) is 4.79 Å². The summed E-state index contributed by atoms with van der Waals surface area (Å²) in [6.07, 6.45) is -3.45. The molecule has 0 bridgehead atoms. The fourth-order valence-electron chi connectivity index (χ4n) is 3.24. The first kappa shape index (κ1) is 19.2. The van der Waals surface area contributed by atoms with Gasteiger partial charge in [-0.1, -0.05) is 12.1 Å². The fourth-order valence-corrected chi connectivity index (χ4v) is 3.24. The lowest BCUT2D eigenvalue weighted by molar-refractivity contribution is -0.139. The summed E-state index contributed by atoms with van der Waals surface area (Å²) in [5.41, 5.74) is 0.901. The predicted molar refractivity (Wildman–Crippen MR) is 90.8 cm³/mol. The van der Waals surface area contributed by atoms with Crippen LogP contribution in [0, 0.1) is 5.82 Å². The standard InChI is InChI=1S/C18H25FN2O5/c19-13-3-1-12(2-4-13)10-20-11-15-18(24)17(23)14(26-15)9-16(22)21-5-7-25-8-6-21/h1-4,14-15,17-18,20,23-24H,5-11H2/t14-,15-,17-,18+/m0/s1. The Bertz CT molecular complexity index is 594. The van der Waals surface area contributed by atoms with E-state index in [0.29, 0.717) is 39.4 Å². The van der Waals surface area contributed by atoms with Crippen molar-refractivity contribution < 1.29 is 28.9 Å². The zero-order valence-corrected chi connectivity index (χ0v) is 14.5. The van der Waals surface area contributed by atoms with Crippen LogP contribution in [-0.4, -0.2) is 78.3 Å². The smallest absolute Gasteiger partial charge is 0.225 e. The van der Waals surface area contributed by atoms with Crippen molar-refractivity contribution in [1.82, 2.24) is 10.2 Å². The van der Waals surface area contributed by atoms with Crippen molar-refractivity contribution in [2.45, 2.75) is 37.4 Å². The average molecular weight is 368 g/mol. The van der Waals surface area contributed by atoms with Crippen LogP contribution in [0.3, 0.4) is 0 Å². The molecule has 2 aliphatic heterocycles. The van der Waals surface area contributed by atoms with Crippen LogP contribution in [0.4, 0.5) is 4.39 Å². The lowest BCUT2D eigenvalue weighted by atomic mass is 10.0. The van der Waals surface area contributed by atoms with Gasteiger partial charge < -0.3 is 29.9 Å². The summed E-state index contributed by atoms with van der Waals surface area (Å²) >= 11 is 0. The highest BCUT2D eigenvalue weighted by Crippen LogP contribution is 2.24. The van der Waals surface area contributed by atoms with Crippen LogP contribution in [0.1, 0.15) is 12.0 Å². The Hall–Kier alpha value is -1.58. The molecule has 1 aromatic carbocycles. The first-order valence-electron chi connectivity index (χ1n) is 8.87. The van der Waals surface area contributed by atoms with E-state index in [1.54, 1.807) is 17.0 Å². The molecule has 2 saturated heterocycles. The van der Waals surface area contributed by atoms with Gasteiger partial charge in [-0.15, -0.1) is 0 Å². The maximum absolute atomic E-state index is 12.9. The first-order valence-corrected chi connectivity index (χ1v) is 8.87. The minimum absolute atomic E-state index is 0.0344. The van der Waals surface area contributed by atoms with Crippen LogP contribution in [-0.2, 0) is 20.8 Å². The molecule has 2 heterocycles. The van der Waals surface area contributed by atoms with Crippen molar-refractivity contribution in [3.63, 3.8) is 0 Å². The zero-order valence-electron chi connectivity index (χ0n) is 14.5. The molecule has 8 heteroatoms. The van der Waals surface area contributed by atoms with E-state index >= 15 is 0 Å². The first-order chi connectivity index (χ1) is 12.5. The summed E-state index contributed by atoms with van der Waals surface area (Å²) < 4.78 is 23.8. The molecule has 0 aromatic heterocycles. The highest BCUT2D eigenvalue weighted by molar-refractivity contribution is 5.77. The molecular formula is C18H25FN2O5. The number of benzene rings is 1. The van der Waals surface area contributed by atoms with Crippen molar-refractivity contribution in [1.29, 1.82) is 0 Å². The summed E-state index contributed by atoms with van der Waals surface area (Å²) in [7, 11) is 0. The van der Waals surface area contributed by atoms with Gasteiger partial charge in [-0.05, 0) is 17.7 Å². The predicted octanol–water partition coefficient (Wildman–Crippen LogP) is -0.347. The number of hydrogen-bond acceptors (Lipinski definition) is 6. The van der Waals surface area contributed by atoms with Crippen LogP contribution >= 0.6 is 0 Å². The second-order valence-corrected chi connectivity index (χ2v) is 6.65. The van der Waals surface area contributed by atoms with Gasteiger partial charge in [0.25, 0.3) is 0 Å². The Morgan fingerprint density at radius 2 is 1.81 bits per heavy atom. The number of nitrogens with one attached hydrogen (secondary N) is 1. The number of ether oxygens (including phenoxy) is 2. The fraction of sp³-hybridized carbons (Fsp3) is 0.611. The lowest BCUT2D eigenvalue weighted by Gasteiger charge is -2.28. The molecule has 0 unspecified atom stereocenters. The summed E-state index contributed by atoms with van der Waals surface area (Å²) in [6.45, 7) is 2.90. The van der Waals surface area contributed by atoms with Crippen molar-refractivity contribution >= 4 is 5.91 Å². The van der Waals surface area contributed by atoms with Gasteiger partial charge in [-0.25, -0.2) is 4.39 Å². The van der Waals surface area contributed by atoms with E-state index in [1.807, 2.05) is 0 Å². The van der Waals surface area contributed by atoms with E-state index in [4.69, 9.17) is 9.47 Å². The Labute approximate surface area is 151 Å². The van der Waals surface area contributed by atoms with Crippen molar-refractivity contribution in [3.8, 4) is 0 Å². The molecule has 0 spiro atoms. The van der Waals surface area contributed by atoms with Gasteiger partial charge in [0.1, 0.15) is 18.0 Å². The minimum atomic E-state index is -1.10. The van der Waals surface area contributed by atoms with Crippen molar-refractivity contribution in [2.24, 2.45) is 0 Å². The SMILES string of the molecule is O=C(C[C@@H]1O[C@@H](CNCc2ccc(F)cc2)[C@@H](O)[C@H]1O)N1CCOCC1. The Balaban J connectivity index is 1.45. The highest BCUT2D eigenvalue weighted by atomic mass is 19.1.